The van der Waals surface area contributed by atoms with Crippen LogP contribution in [0.1, 0.15) is 44.6 Å². The Morgan fingerprint density at radius 1 is 1.31 bits per heavy atom. The van der Waals surface area contributed by atoms with E-state index in [1.165, 1.54) is 0 Å². The van der Waals surface area contributed by atoms with Crippen molar-refractivity contribution >= 4 is 34.9 Å². The van der Waals surface area contributed by atoms with Gasteiger partial charge in [-0.3, -0.25) is 9.48 Å². The smallest absolute Gasteiger partial charge is 0.233 e. The Hall–Kier alpha value is -1.60. The zero-order chi connectivity index (χ0) is 21.0. The molecule has 0 saturated carbocycles. The van der Waals surface area contributed by atoms with Gasteiger partial charge in [-0.1, -0.05) is 29.3 Å². The molecule has 0 radical (unpaired) electrons. The Kier molecular flexibility index (Phi) is 7.22. The largest absolute Gasteiger partial charge is 0.389 e. The fourth-order valence-corrected chi connectivity index (χ4v) is 3.87. The molecular formula is C21H27Cl2N3O3. The van der Waals surface area contributed by atoms with Crippen LogP contribution < -0.4 is 5.32 Å². The van der Waals surface area contributed by atoms with E-state index in [0.717, 1.165) is 31.6 Å². The number of aromatic nitrogens is 2. The molecule has 0 spiro atoms. The molecule has 3 rings (SSSR count). The fourth-order valence-electron chi connectivity index (χ4n) is 3.57. The number of amides is 1. The van der Waals surface area contributed by atoms with Crippen molar-refractivity contribution in [2.24, 2.45) is 5.92 Å². The van der Waals surface area contributed by atoms with E-state index >= 15 is 0 Å². The molecule has 2 N–H and O–H groups in total. The van der Waals surface area contributed by atoms with Gasteiger partial charge in [-0.05, 0) is 56.7 Å². The monoisotopic (exact) mass is 439 g/mol. The molecule has 1 saturated heterocycles. The van der Waals surface area contributed by atoms with Crippen molar-refractivity contribution < 1.29 is 14.6 Å². The van der Waals surface area contributed by atoms with E-state index in [2.05, 4.69) is 10.4 Å². The topological polar surface area (TPSA) is 76.4 Å². The van der Waals surface area contributed by atoms with Crippen molar-refractivity contribution in [3.05, 3.63) is 46.1 Å². The number of nitrogens with one attached hydrogen (secondary N) is 1. The third kappa shape index (κ3) is 6.44. The number of ether oxygens (including phenoxy) is 1. The van der Waals surface area contributed by atoms with Gasteiger partial charge < -0.3 is 15.2 Å². The van der Waals surface area contributed by atoms with Crippen LogP contribution in [0, 0.1) is 5.92 Å². The normalized spacial score (nSPS) is 16.6. The van der Waals surface area contributed by atoms with Crippen molar-refractivity contribution in [1.82, 2.24) is 9.78 Å². The minimum absolute atomic E-state index is 0.136. The number of nitrogens with zero attached hydrogens (tertiary/aromatic N) is 2. The van der Waals surface area contributed by atoms with E-state index < -0.39 is 5.60 Å². The number of anilines is 1. The Bertz CT molecular complexity index is 842. The predicted octanol–water partition coefficient (Wildman–Crippen LogP) is 4.50. The third-order valence-electron chi connectivity index (χ3n) is 5.01. The lowest BCUT2D eigenvalue weighted by Crippen LogP contribution is -2.27. The van der Waals surface area contributed by atoms with Crippen LogP contribution in [0.4, 0.5) is 5.82 Å². The van der Waals surface area contributed by atoms with Crippen LogP contribution in [-0.2, 0) is 16.1 Å². The van der Waals surface area contributed by atoms with Gasteiger partial charge in [0.25, 0.3) is 0 Å². The van der Waals surface area contributed by atoms with Crippen LogP contribution in [0.25, 0.3) is 0 Å². The molecule has 29 heavy (non-hydrogen) atoms. The zero-order valence-electron chi connectivity index (χ0n) is 16.7. The average Bonchev–Trinajstić information content (AvgIpc) is 3.07. The SMILES string of the molecule is CC(C)(O)Cn1ccc(NC(=O)[C@H](CC2CCOCC2)c2ccc(Cl)c(Cl)c2)n1. The van der Waals surface area contributed by atoms with E-state index in [0.29, 0.717) is 34.7 Å². The van der Waals surface area contributed by atoms with Gasteiger partial charge in [0.2, 0.25) is 5.91 Å². The summed E-state index contributed by atoms with van der Waals surface area (Å²) in [7, 11) is 0. The number of carbonyl (C=O) groups is 1. The molecule has 0 unspecified atom stereocenters. The molecule has 0 bridgehead atoms. The number of hydrogen-bond donors (Lipinski definition) is 2. The number of aliphatic hydroxyl groups is 1. The Balaban J connectivity index is 1.77. The first-order valence-corrected chi connectivity index (χ1v) is 10.6. The molecule has 0 aliphatic carbocycles. The minimum Gasteiger partial charge on any atom is -0.389 e. The highest BCUT2D eigenvalue weighted by Crippen LogP contribution is 2.33. The number of halogens is 2. The molecule has 8 heteroatoms. The van der Waals surface area contributed by atoms with E-state index in [1.807, 2.05) is 6.07 Å². The lowest BCUT2D eigenvalue weighted by Gasteiger charge is -2.26. The highest BCUT2D eigenvalue weighted by molar-refractivity contribution is 6.42. The second kappa shape index (κ2) is 9.47. The van der Waals surface area contributed by atoms with Crippen molar-refractivity contribution in [3.8, 4) is 0 Å². The van der Waals surface area contributed by atoms with Crippen molar-refractivity contribution in [3.63, 3.8) is 0 Å². The predicted molar refractivity (Wildman–Crippen MR) is 115 cm³/mol. The van der Waals surface area contributed by atoms with Gasteiger partial charge in [0, 0.05) is 25.5 Å². The summed E-state index contributed by atoms with van der Waals surface area (Å²) < 4.78 is 7.06. The number of carbonyl (C=O) groups excluding carboxylic acids is 1. The molecule has 1 amide bonds. The van der Waals surface area contributed by atoms with Gasteiger partial charge in [0.05, 0.1) is 28.1 Å². The summed E-state index contributed by atoms with van der Waals surface area (Å²) in [5.41, 5.74) is -0.0572. The second-order valence-corrected chi connectivity index (χ2v) is 9.03. The maximum atomic E-state index is 13.2. The Morgan fingerprint density at radius 2 is 2.03 bits per heavy atom. The van der Waals surface area contributed by atoms with E-state index in [1.54, 1.807) is 42.9 Å². The highest BCUT2D eigenvalue weighted by Gasteiger charge is 2.27. The van der Waals surface area contributed by atoms with Crippen LogP contribution in [0.2, 0.25) is 10.0 Å². The molecule has 1 atom stereocenters. The first-order valence-electron chi connectivity index (χ1n) is 9.81. The van der Waals surface area contributed by atoms with Gasteiger partial charge in [-0.2, -0.15) is 5.10 Å². The Labute approximate surface area is 181 Å². The van der Waals surface area contributed by atoms with Crippen LogP contribution in [-0.4, -0.2) is 39.6 Å². The van der Waals surface area contributed by atoms with Crippen LogP contribution in [0.5, 0.6) is 0 Å². The maximum absolute atomic E-state index is 13.2. The summed E-state index contributed by atoms with van der Waals surface area (Å²) in [6, 6.07) is 7.07. The highest BCUT2D eigenvalue weighted by atomic mass is 35.5. The van der Waals surface area contributed by atoms with Gasteiger partial charge in [-0.15, -0.1) is 0 Å². The fraction of sp³-hybridized carbons (Fsp3) is 0.524. The molecule has 1 aliphatic heterocycles. The summed E-state index contributed by atoms with van der Waals surface area (Å²) in [5, 5.41) is 18.1. The van der Waals surface area contributed by atoms with Crippen LogP contribution >= 0.6 is 23.2 Å². The summed E-state index contributed by atoms with van der Waals surface area (Å²) in [5.74, 6) is 0.355. The summed E-state index contributed by atoms with van der Waals surface area (Å²) in [6.45, 7) is 5.20. The molecule has 1 fully saturated rings. The molecule has 2 heterocycles. The number of benzene rings is 1. The summed E-state index contributed by atoms with van der Waals surface area (Å²) >= 11 is 12.3. The quantitative estimate of drug-likeness (QED) is 0.665. The van der Waals surface area contributed by atoms with Gasteiger partial charge >= 0.3 is 0 Å². The Morgan fingerprint density at radius 3 is 2.69 bits per heavy atom. The zero-order valence-corrected chi connectivity index (χ0v) is 18.2. The standard InChI is InChI=1S/C21H27Cl2N3O3/c1-21(2,28)13-26-8-5-19(25-26)24-20(27)16(11-14-6-9-29-10-7-14)15-3-4-17(22)18(23)12-15/h3-5,8,12,14,16,28H,6-7,9-11,13H2,1-2H3,(H,24,25,27)/t16-/m1/s1. The molecular weight excluding hydrogens is 413 g/mol. The second-order valence-electron chi connectivity index (χ2n) is 8.22. The van der Waals surface area contributed by atoms with Crippen molar-refractivity contribution in [2.45, 2.75) is 51.2 Å². The molecule has 1 aliphatic rings. The van der Waals surface area contributed by atoms with E-state index in [4.69, 9.17) is 27.9 Å². The minimum atomic E-state index is -0.890. The summed E-state index contributed by atoms with van der Waals surface area (Å²) in [4.78, 5) is 13.2. The van der Waals surface area contributed by atoms with Gasteiger partial charge in [0.15, 0.2) is 5.82 Å². The average molecular weight is 440 g/mol. The number of hydrogen-bond acceptors (Lipinski definition) is 4. The van der Waals surface area contributed by atoms with Gasteiger partial charge in [-0.25, -0.2) is 0 Å². The number of rotatable bonds is 7. The third-order valence-corrected chi connectivity index (χ3v) is 5.75. The van der Waals surface area contributed by atoms with E-state index in [9.17, 15) is 9.90 Å². The molecule has 6 nitrogen and oxygen atoms in total. The van der Waals surface area contributed by atoms with Gasteiger partial charge in [0.1, 0.15) is 0 Å². The van der Waals surface area contributed by atoms with E-state index in [-0.39, 0.29) is 11.8 Å². The molecule has 158 valence electrons. The van der Waals surface area contributed by atoms with Crippen LogP contribution in [0.15, 0.2) is 30.5 Å². The lowest BCUT2D eigenvalue weighted by atomic mass is 9.84. The molecule has 2 aromatic rings. The lowest BCUT2D eigenvalue weighted by molar-refractivity contribution is -0.118. The van der Waals surface area contributed by atoms with Crippen LogP contribution in [0.3, 0.4) is 0 Å². The molecule has 1 aromatic carbocycles. The maximum Gasteiger partial charge on any atom is 0.233 e. The summed E-state index contributed by atoms with van der Waals surface area (Å²) in [6.07, 6.45) is 4.31. The molecule has 1 aromatic heterocycles. The first kappa shape index (κ1) is 22.1. The first-order chi connectivity index (χ1) is 13.7. The van der Waals surface area contributed by atoms with Crippen molar-refractivity contribution in [2.75, 3.05) is 18.5 Å². The van der Waals surface area contributed by atoms with Crippen molar-refractivity contribution in [1.29, 1.82) is 0 Å².